The third-order valence-corrected chi connectivity index (χ3v) is 2.95. The van der Waals surface area contributed by atoms with Crippen molar-refractivity contribution in [1.82, 2.24) is 0 Å². The summed E-state index contributed by atoms with van der Waals surface area (Å²) in [6.07, 6.45) is 1.41. The lowest BCUT2D eigenvalue weighted by atomic mass is 10.0. The third kappa shape index (κ3) is 5.43. The summed E-state index contributed by atoms with van der Waals surface area (Å²) in [5, 5.41) is 0. The minimum atomic E-state index is -0.469. The van der Waals surface area contributed by atoms with Gasteiger partial charge in [0.25, 0.3) is 0 Å². The van der Waals surface area contributed by atoms with Gasteiger partial charge in [-0.1, -0.05) is 26.0 Å². The van der Waals surface area contributed by atoms with Gasteiger partial charge in [-0.25, -0.2) is 0 Å². The van der Waals surface area contributed by atoms with Crippen molar-refractivity contribution in [2.75, 3.05) is 11.9 Å². The highest BCUT2D eigenvalue weighted by Crippen LogP contribution is 2.18. The van der Waals surface area contributed by atoms with Crippen LogP contribution in [0.3, 0.4) is 0 Å². The molecule has 0 spiro atoms. The summed E-state index contributed by atoms with van der Waals surface area (Å²) in [4.78, 5) is 13.7. The largest absolute Gasteiger partial charge is 0.325 e. The highest BCUT2D eigenvalue weighted by atomic mass is 16.2. The van der Waals surface area contributed by atoms with Crippen LogP contribution in [0, 0.1) is 5.92 Å². The predicted molar refractivity (Wildman–Crippen MR) is 81.3 cm³/mol. The van der Waals surface area contributed by atoms with E-state index >= 15 is 0 Å². The van der Waals surface area contributed by atoms with Gasteiger partial charge in [-0.3, -0.25) is 4.79 Å². The first kappa shape index (κ1) is 15.7. The second kappa shape index (κ2) is 6.20. The zero-order valence-corrected chi connectivity index (χ0v) is 12.7. The number of nitrogens with two attached hydrogens (primary N) is 1. The maximum Gasteiger partial charge on any atom is 0.228 e. The van der Waals surface area contributed by atoms with Gasteiger partial charge in [0.15, 0.2) is 0 Å². The minimum Gasteiger partial charge on any atom is -0.325 e. The molecule has 0 aliphatic rings. The Morgan fingerprint density at radius 3 is 2.21 bits per heavy atom. The van der Waals surface area contributed by atoms with E-state index in [1.54, 1.807) is 11.9 Å². The Balaban J connectivity index is 2.72. The highest BCUT2D eigenvalue weighted by molar-refractivity contribution is 5.93. The zero-order chi connectivity index (χ0) is 14.6. The molecule has 3 nitrogen and oxygen atoms in total. The standard InChI is InChI=1S/C16H26N2O/c1-12(2)10-13-6-8-14(9-7-13)18(5)15(19)11-16(3,4)17/h6-9,12H,10-11,17H2,1-5H3. The fourth-order valence-corrected chi connectivity index (χ4v) is 1.98. The van der Waals surface area contributed by atoms with Gasteiger partial charge in [-0.2, -0.15) is 0 Å². The number of benzene rings is 1. The maximum absolute atomic E-state index is 12.1. The molecule has 106 valence electrons. The highest BCUT2D eigenvalue weighted by Gasteiger charge is 2.20. The molecule has 19 heavy (non-hydrogen) atoms. The molecule has 0 aliphatic heterocycles. The molecule has 0 radical (unpaired) electrons. The summed E-state index contributed by atoms with van der Waals surface area (Å²) < 4.78 is 0. The number of carbonyl (C=O) groups excluding carboxylic acids is 1. The molecule has 2 N–H and O–H groups in total. The van der Waals surface area contributed by atoms with Crippen molar-refractivity contribution in [2.45, 2.75) is 46.1 Å². The summed E-state index contributed by atoms with van der Waals surface area (Å²) in [7, 11) is 1.80. The fourth-order valence-electron chi connectivity index (χ4n) is 1.98. The van der Waals surface area contributed by atoms with Gasteiger partial charge in [-0.15, -0.1) is 0 Å². The Hall–Kier alpha value is -1.35. The van der Waals surface area contributed by atoms with Crippen LogP contribution in [0.1, 0.15) is 39.7 Å². The average Bonchev–Trinajstić information content (AvgIpc) is 2.26. The van der Waals surface area contributed by atoms with Crippen molar-refractivity contribution < 1.29 is 4.79 Å². The van der Waals surface area contributed by atoms with Crippen molar-refractivity contribution in [2.24, 2.45) is 11.7 Å². The Morgan fingerprint density at radius 2 is 1.79 bits per heavy atom. The second-order valence-corrected chi connectivity index (χ2v) is 6.38. The van der Waals surface area contributed by atoms with Crippen molar-refractivity contribution in [1.29, 1.82) is 0 Å². The molecule has 1 rings (SSSR count). The van der Waals surface area contributed by atoms with E-state index in [0.717, 1.165) is 12.1 Å². The van der Waals surface area contributed by atoms with Crippen LogP contribution >= 0.6 is 0 Å². The lowest BCUT2D eigenvalue weighted by Crippen LogP contribution is -2.39. The Morgan fingerprint density at radius 1 is 1.26 bits per heavy atom. The maximum atomic E-state index is 12.1. The van der Waals surface area contributed by atoms with Gasteiger partial charge in [0, 0.05) is 24.7 Å². The molecular weight excluding hydrogens is 236 g/mol. The van der Waals surface area contributed by atoms with Crippen LogP contribution in [0.25, 0.3) is 0 Å². The molecular formula is C16H26N2O. The molecule has 0 aliphatic carbocycles. The van der Waals surface area contributed by atoms with E-state index in [1.807, 2.05) is 26.0 Å². The van der Waals surface area contributed by atoms with Gasteiger partial charge < -0.3 is 10.6 Å². The van der Waals surface area contributed by atoms with E-state index in [4.69, 9.17) is 5.73 Å². The lowest BCUT2D eigenvalue weighted by molar-refractivity contribution is -0.119. The molecule has 0 bridgehead atoms. The molecule has 0 fully saturated rings. The monoisotopic (exact) mass is 262 g/mol. The summed E-state index contributed by atoms with van der Waals surface area (Å²) in [6, 6.07) is 8.18. The first-order chi connectivity index (χ1) is 8.69. The molecule has 0 saturated heterocycles. The zero-order valence-electron chi connectivity index (χ0n) is 12.7. The Labute approximate surface area is 116 Å². The summed E-state index contributed by atoms with van der Waals surface area (Å²) in [5.41, 5.74) is 7.64. The molecule has 0 aromatic heterocycles. The van der Waals surface area contributed by atoms with Crippen LogP contribution in [0.5, 0.6) is 0 Å². The summed E-state index contributed by atoms with van der Waals surface area (Å²) >= 11 is 0. The van der Waals surface area contributed by atoms with Crippen molar-refractivity contribution in [3.8, 4) is 0 Å². The molecule has 0 saturated carbocycles. The van der Waals surface area contributed by atoms with Crippen molar-refractivity contribution in [3.05, 3.63) is 29.8 Å². The van der Waals surface area contributed by atoms with Gasteiger partial charge in [0.1, 0.15) is 0 Å². The van der Waals surface area contributed by atoms with Crippen molar-refractivity contribution >= 4 is 11.6 Å². The van der Waals surface area contributed by atoms with Crippen LogP contribution in [0.4, 0.5) is 5.69 Å². The number of anilines is 1. The summed E-state index contributed by atoms with van der Waals surface area (Å²) in [6.45, 7) is 8.13. The van der Waals surface area contributed by atoms with E-state index in [0.29, 0.717) is 12.3 Å². The average molecular weight is 262 g/mol. The van der Waals surface area contributed by atoms with Gasteiger partial charge >= 0.3 is 0 Å². The van der Waals surface area contributed by atoms with Crippen LogP contribution in [-0.2, 0) is 11.2 Å². The normalized spacial score (nSPS) is 11.7. The molecule has 1 aromatic carbocycles. The van der Waals surface area contributed by atoms with E-state index in [2.05, 4.69) is 26.0 Å². The first-order valence-electron chi connectivity index (χ1n) is 6.83. The number of hydrogen-bond acceptors (Lipinski definition) is 2. The van der Waals surface area contributed by atoms with E-state index in [-0.39, 0.29) is 5.91 Å². The van der Waals surface area contributed by atoms with Crippen LogP contribution in [-0.4, -0.2) is 18.5 Å². The lowest BCUT2D eigenvalue weighted by Gasteiger charge is -2.23. The van der Waals surface area contributed by atoms with E-state index in [9.17, 15) is 4.79 Å². The third-order valence-electron chi connectivity index (χ3n) is 2.95. The number of hydrogen-bond donors (Lipinski definition) is 1. The van der Waals surface area contributed by atoms with Crippen LogP contribution in [0.2, 0.25) is 0 Å². The second-order valence-electron chi connectivity index (χ2n) is 6.38. The van der Waals surface area contributed by atoms with Gasteiger partial charge in [0.05, 0.1) is 0 Å². The van der Waals surface area contributed by atoms with Gasteiger partial charge in [-0.05, 0) is 43.9 Å². The molecule has 0 atom stereocenters. The Kier molecular flexibility index (Phi) is 5.12. The Bertz CT molecular complexity index is 415. The van der Waals surface area contributed by atoms with E-state index < -0.39 is 5.54 Å². The smallest absolute Gasteiger partial charge is 0.228 e. The fraction of sp³-hybridized carbons (Fsp3) is 0.562. The van der Waals surface area contributed by atoms with Crippen LogP contribution in [0.15, 0.2) is 24.3 Å². The molecule has 1 aromatic rings. The summed E-state index contributed by atoms with van der Waals surface area (Å²) in [5.74, 6) is 0.687. The first-order valence-corrected chi connectivity index (χ1v) is 6.83. The number of carbonyl (C=O) groups is 1. The van der Waals surface area contributed by atoms with Gasteiger partial charge in [0.2, 0.25) is 5.91 Å². The number of nitrogens with zero attached hydrogens (tertiary/aromatic N) is 1. The number of rotatable bonds is 5. The molecule has 1 amide bonds. The predicted octanol–water partition coefficient (Wildman–Crippen LogP) is 2.98. The van der Waals surface area contributed by atoms with Crippen LogP contribution < -0.4 is 10.6 Å². The molecule has 0 unspecified atom stereocenters. The van der Waals surface area contributed by atoms with Crippen molar-refractivity contribution in [3.63, 3.8) is 0 Å². The van der Waals surface area contributed by atoms with E-state index in [1.165, 1.54) is 5.56 Å². The SMILES string of the molecule is CC(C)Cc1ccc(N(C)C(=O)CC(C)(C)N)cc1. The molecule has 3 heteroatoms. The number of amides is 1. The molecule has 0 heterocycles. The quantitative estimate of drug-likeness (QED) is 0.886. The minimum absolute atomic E-state index is 0.0455. The topological polar surface area (TPSA) is 46.3 Å².